The monoisotopic (exact) mass is 378 g/mol. The van der Waals surface area contributed by atoms with Crippen LogP contribution in [0.15, 0.2) is 27.6 Å². The molecule has 1 unspecified atom stereocenters. The lowest BCUT2D eigenvalue weighted by Crippen LogP contribution is -2.37. The van der Waals surface area contributed by atoms with Gasteiger partial charge in [0.15, 0.2) is 0 Å². The Balaban J connectivity index is 2.70. The Morgan fingerprint density at radius 3 is 2.62 bits per heavy atom. The van der Waals surface area contributed by atoms with Gasteiger partial charge in [0.05, 0.1) is 11.5 Å². The Bertz CT molecular complexity index is 563. The summed E-state index contributed by atoms with van der Waals surface area (Å²) in [6.45, 7) is 5.11. The first kappa shape index (κ1) is 18.6. The van der Waals surface area contributed by atoms with Crippen LogP contribution in [0.2, 0.25) is 0 Å². The fraction of sp³-hybridized carbons (Fsp3) is 0.571. The summed E-state index contributed by atoms with van der Waals surface area (Å²) in [7, 11) is -1.57. The van der Waals surface area contributed by atoms with E-state index in [1.54, 1.807) is 12.1 Å². The summed E-state index contributed by atoms with van der Waals surface area (Å²) in [5.74, 6) is 0. The molecule has 0 aliphatic heterocycles. The molecule has 0 heterocycles. The summed E-state index contributed by atoms with van der Waals surface area (Å²) in [5, 5.41) is 9.04. The van der Waals surface area contributed by atoms with Gasteiger partial charge in [-0.15, -0.1) is 0 Å². The first-order chi connectivity index (χ1) is 9.81. The lowest BCUT2D eigenvalue weighted by molar-refractivity contribution is 0.256. The van der Waals surface area contributed by atoms with E-state index in [4.69, 9.17) is 5.11 Å². The third-order valence-electron chi connectivity index (χ3n) is 3.57. The molecule has 0 amide bonds. The number of halogens is 1. The van der Waals surface area contributed by atoms with E-state index in [1.165, 1.54) is 6.07 Å². The van der Waals surface area contributed by atoms with Gasteiger partial charge >= 0.3 is 0 Å². The number of aliphatic hydroxyl groups is 1. The molecule has 1 rings (SSSR count). The molecule has 7 heteroatoms. The standard InChI is InChI=1S/C14H23BrN2O3S/c1-4-11(2)17(3)8-7-16-21(19,20)14-6-5-12(10-18)9-13(14)15/h5-6,9,11,16,18H,4,7-8,10H2,1-3H3. The minimum atomic E-state index is -3.55. The number of aliphatic hydroxyl groups excluding tert-OH is 1. The number of hydrogen-bond donors (Lipinski definition) is 2. The molecule has 0 aliphatic carbocycles. The highest BCUT2D eigenvalue weighted by atomic mass is 79.9. The first-order valence-corrected chi connectivity index (χ1v) is 9.18. The number of likely N-dealkylation sites (N-methyl/N-ethyl adjacent to an activating group) is 1. The highest BCUT2D eigenvalue weighted by molar-refractivity contribution is 9.10. The number of rotatable bonds is 8. The highest BCUT2D eigenvalue weighted by Crippen LogP contribution is 2.23. The van der Waals surface area contributed by atoms with Crippen molar-refractivity contribution in [3.63, 3.8) is 0 Å². The van der Waals surface area contributed by atoms with Gasteiger partial charge in [-0.05, 0) is 54.0 Å². The van der Waals surface area contributed by atoms with E-state index in [0.717, 1.165) is 6.42 Å². The summed E-state index contributed by atoms with van der Waals surface area (Å²) < 4.78 is 27.6. The molecule has 0 saturated heterocycles. The molecule has 1 aromatic rings. The van der Waals surface area contributed by atoms with Gasteiger partial charge in [-0.25, -0.2) is 13.1 Å². The molecule has 0 aliphatic rings. The zero-order valence-corrected chi connectivity index (χ0v) is 15.0. The summed E-state index contributed by atoms with van der Waals surface area (Å²) in [5.41, 5.74) is 0.664. The van der Waals surface area contributed by atoms with Crippen molar-refractivity contribution in [1.29, 1.82) is 0 Å². The second-order valence-corrected chi connectivity index (χ2v) is 7.65. The van der Waals surface area contributed by atoms with Crippen LogP contribution in [0, 0.1) is 0 Å². The average molecular weight is 379 g/mol. The van der Waals surface area contributed by atoms with E-state index in [9.17, 15) is 8.42 Å². The fourth-order valence-electron chi connectivity index (χ4n) is 1.83. The van der Waals surface area contributed by atoms with Crippen LogP contribution in [0.3, 0.4) is 0 Å². The highest BCUT2D eigenvalue weighted by Gasteiger charge is 2.18. The molecular weight excluding hydrogens is 356 g/mol. The molecule has 0 saturated carbocycles. The predicted octanol–water partition coefficient (Wildman–Crippen LogP) is 1.95. The average Bonchev–Trinajstić information content (AvgIpc) is 2.45. The zero-order valence-electron chi connectivity index (χ0n) is 12.6. The van der Waals surface area contributed by atoms with Crippen molar-refractivity contribution in [2.75, 3.05) is 20.1 Å². The maximum absolute atomic E-state index is 12.3. The molecule has 120 valence electrons. The van der Waals surface area contributed by atoms with Crippen molar-refractivity contribution in [1.82, 2.24) is 9.62 Å². The van der Waals surface area contributed by atoms with Crippen molar-refractivity contribution in [3.05, 3.63) is 28.2 Å². The van der Waals surface area contributed by atoms with Crippen molar-refractivity contribution >= 4 is 26.0 Å². The molecule has 2 N–H and O–H groups in total. The molecule has 21 heavy (non-hydrogen) atoms. The third-order valence-corrected chi connectivity index (χ3v) is 6.01. The summed E-state index contributed by atoms with van der Waals surface area (Å²) in [6, 6.07) is 5.13. The minimum absolute atomic E-state index is 0.119. The number of benzene rings is 1. The minimum Gasteiger partial charge on any atom is -0.392 e. The van der Waals surface area contributed by atoms with Gasteiger partial charge in [0, 0.05) is 23.6 Å². The molecule has 1 aromatic carbocycles. The van der Waals surface area contributed by atoms with Crippen LogP contribution < -0.4 is 4.72 Å². The van der Waals surface area contributed by atoms with Crippen LogP contribution in [0.5, 0.6) is 0 Å². The molecule has 0 aromatic heterocycles. The summed E-state index contributed by atoms with van der Waals surface area (Å²) in [4.78, 5) is 2.30. The quantitative estimate of drug-likeness (QED) is 0.725. The summed E-state index contributed by atoms with van der Waals surface area (Å²) in [6.07, 6.45) is 1.03. The lowest BCUT2D eigenvalue weighted by atomic mass is 10.2. The maximum Gasteiger partial charge on any atom is 0.241 e. The van der Waals surface area contributed by atoms with Gasteiger partial charge in [-0.1, -0.05) is 13.0 Å². The van der Waals surface area contributed by atoms with Crippen molar-refractivity contribution in [2.24, 2.45) is 0 Å². The van der Waals surface area contributed by atoms with Crippen LogP contribution >= 0.6 is 15.9 Å². The normalized spacial score (nSPS) is 13.6. The molecule has 1 atom stereocenters. The molecule has 0 spiro atoms. The second kappa shape index (κ2) is 8.24. The Morgan fingerprint density at radius 1 is 1.43 bits per heavy atom. The van der Waals surface area contributed by atoms with E-state index in [1.807, 2.05) is 7.05 Å². The summed E-state index contributed by atoms with van der Waals surface area (Å²) >= 11 is 3.24. The molecule has 0 bridgehead atoms. The molecule has 5 nitrogen and oxygen atoms in total. The van der Waals surface area contributed by atoms with E-state index < -0.39 is 10.0 Å². The zero-order chi connectivity index (χ0) is 16.0. The lowest BCUT2D eigenvalue weighted by Gasteiger charge is -2.23. The van der Waals surface area contributed by atoms with E-state index in [2.05, 4.69) is 39.4 Å². The van der Waals surface area contributed by atoms with Crippen molar-refractivity contribution in [2.45, 2.75) is 37.8 Å². The van der Waals surface area contributed by atoms with Gasteiger partial charge in [-0.3, -0.25) is 0 Å². The Labute approximate surface area is 135 Å². The number of sulfonamides is 1. The maximum atomic E-state index is 12.3. The van der Waals surface area contributed by atoms with E-state index in [-0.39, 0.29) is 11.5 Å². The Kier molecular flexibility index (Phi) is 7.29. The van der Waals surface area contributed by atoms with Gasteiger partial charge in [0.2, 0.25) is 10.0 Å². The SMILES string of the molecule is CCC(C)N(C)CCNS(=O)(=O)c1ccc(CO)cc1Br. The predicted molar refractivity (Wildman–Crippen MR) is 87.6 cm³/mol. The van der Waals surface area contributed by atoms with Crippen molar-refractivity contribution in [3.8, 4) is 0 Å². The van der Waals surface area contributed by atoms with Crippen LogP contribution in [0.25, 0.3) is 0 Å². The molecular formula is C14H23BrN2O3S. The first-order valence-electron chi connectivity index (χ1n) is 6.91. The molecule has 0 radical (unpaired) electrons. The van der Waals surface area contributed by atoms with Gasteiger partial charge in [-0.2, -0.15) is 0 Å². The number of hydrogen-bond acceptors (Lipinski definition) is 4. The van der Waals surface area contributed by atoms with Crippen LogP contribution in [0.4, 0.5) is 0 Å². The molecule has 0 fully saturated rings. The van der Waals surface area contributed by atoms with Crippen LogP contribution in [0.1, 0.15) is 25.8 Å². The number of nitrogens with one attached hydrogen (secondary N) is 1. The van der Waals surface area contributed by atoms with Crippen LogP contribution in [-0.4, -0.2) is 44.6 Å². The smallest absolute Gasteiger partial charge is 0.241 e. The van der Waals surface area contributed by atoms with Gasteiger partial charge in [0.1, 0.15) is 0 Å². The topological polar surface area (TPSA) is 69.6 Å². The number of nitrogens with zero attached hydrogens (tertiary/aromatic N) is 1. The second-order valence-electron chi connectivity index (χ2n) is 5.06. The third kappa shape index (κ3) is 5.34. The Hall–Kier alpha value is -0.470. The van der Waals surface area contributed by atoms with Gasteiger partial charge < -0.3 is 10.0 Å². The largest absolute Gasteiger partial charge is 0.392 e. The van der Waals surface area contributed by atoms with Crippen LogP contribution in [-0.2, 0) is 16.6 Å². The van der Waals surface area contributed by atoms with Crippen molar-refractivity contribution < 1.29 is 13.5 Å². The fourth-order valence-corrected chi connectivity index (χ4v) is 3.97. The van der Waals surface area contributed by atoms with Gasteiger partial charge in [0.25, 0.3) is 0 Å². The van der Waals surface area contributed by atoms with E-state index >= 15 is 0 Å². The van der Waals surface area contributed by atoms with E-state index in [0.29, 0.717) is 29.2 Å². The Morgan fingerprint density at radius 2 is 2.10 bits per heavy atom.